The zero-order valence-corrected chi connectivity index (χ0v) is 9.20. The summed E-state index contributed by atoms with van der Waals surface area (Å²) >= 11 is 1.51. The van der Waals surface area contributed by atoms with Crippen LogP contribution in [0.5, 0.6) is 5.75 Å². The number of carboxylic acids is 1. The molecule has 0 fully saturated rings. The van der Waals surface area contributed by atoms with Gasteiger partial charge in [-0.15, -0.1) is 11.3 Å². The molecule has 1 aromatic heterocycles. The van der Waals surface area contributed by atoms with Crippen LogP contribution >= 0.6 is 11.3 Å². The van der Waals surface area contributed by atoms with Gasteiger partial charge in [0.1, 0.15) is 5.75 Å². The van der Waals surface area contributed by atoms with E-state index >= 15 is 0 Å². The lowest BCUT2D eigenvalue weighted by Gasteiger charge is -1.96. The highest BCUT2D eigenvalue weighted by atomic mass is 32.1. The van der Waals surface area contributed by atoms with Crippen LogP contribution in [-0.4, -0.2) is 16.2 Å². The van der Waals surface area contributed by atoms with E-state index < -0.39 is 5.97 Å². The number of hydrogen-bond acceptors (Lipinski definition) is 3. The molecule has 0 unspecified atom stereocenters. The number of aromatic hydroxyl groups is 1. The van der Waals surface area contributed by atoms with Crippen LogP contribution in [0.15, 0.2) is 35.7 Å². The number of benzene rings is 1. The van der Waals surface area contributed by atoms with E-state index in [1.54, 1.807) is 12.1 Å². The van der Waals surface area contributed by atoms with E-state index in [1.165, 1.54) is 11.3 Å². The predicted octanol–water partition coefficient (Wildman–Crippen LogP) is 2.75. The van der Waals surface area contributed by atoms with Crippen molar-refractivity contribution in [2.24, 2.45) is 0 Å². The molecular formula is C12H10O3S. The molecule has 0 atom stereocenters. The normalized spacial score (nSPS) is 10.2. The number of rotatable bonds is 3. The van der Waals surface area contributed by atoms with Gasteiger partial charge in [-0.1, -0.05) is 0 Å². The van der Waals surface area contributed by atoms with Crippen LogP contribution in [0, 0.1) is 0 Å². The second-order valence-electron chi connectivity index (χ2n) is 3.44. The maximum Gasteiger partial charge on any atom is 0.307 e. The van der Waals surface area contributed by atoms with Crippen molar-refractivity contribution >= 4 is 17.3 Å². The molecule has 0 radical (unpaired) electrons. The second kappa shape index (κ2) is 4.37. The highest BCUT2D eigenvalue weighted by molar-refractivity contribution is 7.13. The van der Waals surface area contributed by atoms with Crippen molar-refractivity contribution in [1.29, 1.82) is 0 Å². The van der Waals surface area contributed by atoms with E-state index in [0.717, 1.165) is 16.0 Å². The standard InChI is InChI=1S/C12H10O3S/c13-10-3-1-9(2-4-10)11-5-8(7-16-11)6-12(14)15/h1-5,7,13H,6H2,(H,14,15). The topological polar surface area (TPSA) is 57.5 Å². The third-order valence-corrected chi connectivity index (χ3v) is 3.19. The lowest BCUT2D eigenvalue weighted by molar-refractivity contribution is -0.136. The third-order valence-electron chi connectivity index (χ3n) is 2.16. The van der Waals surface area contributed by atoms with Crippen LogP contribution in [0.25, 0.3) is 10.4 Å². The number of carbonyl (C=O) groups is 1. The Bertz CT molecular complexity index is 499. The van der Waals surface area contributed by atoms with Crippen molar-refractivity contribution in [1.82, 2.24) is 0 Å². The van der Waals surface area contributed by atoms with Crippen molar-refractivity contribution in [2.45, 2.75) is 6.42 Å². The summed E-state index contributed by atoms with van der Waals surface area (Å²) in [5.74, 6) is -0.596. The number of phenolic OH excluding ortho intramolecular Hbond substituents is 1. The van der Waals surface area contributed by atoms with Crippen LogP contribution in [-0.2, 0) is 11.2 Å². The maximum atomic E-state index is 10.5. The first-order valence-electron chi connectivity index (χ1n) is 4.74. The number of carboxylic acid groups (broad SMARTS) is 1. The van der Waals surface area contributed by atoms with Gasteiger partial charge >= 0.3 is 5.97 Å². The Morgan fingerprint density at radius 3 is 2.56 bits per heavy atom. The Labute approximate surface area is 96.6 Å². The summed E-state index contributed by atoms with van der Waals surface area (Å²) in [7, 11) is 0. The fraction of sp³-hybridized carbons (Fsp3) is 0.0833. The first-order valence-corrected chi connectivity index (χ1v) is 5.62. The molecule has 0 amide bonds. The quantitative estimate of drug-likeness (QED) is 0.858. The summed E-state index contributed by atoms with van der Waals surface area (Å²) in [6, 6.07) is 8.72. The van der Waals surface area contributed by atoms with Gasteiger partial charge in [-0.05, 0) is 46.8 Å². The lowest BCUT2D eigenvalue weighted by Crippen LogP contribution is -1.97. The predicted molar refractivity (Wildman–Crippen MR) is 62.8 cm³/mol. The van der Waals surface area contributed by atoms with Gasteiger partial charge in [0.15, 0.2) is 0 Å². The highest BCUT2D eigenvalue weighted by Gasteiger charge is 2.05. The Balaban J connectivity index is 2.24. The summed E-state index contributed by atoms with van der Waals surface area (Å²) in [6.45, 7) is 0. The number of hydrogen-bond donors (Lipinski definition) is 2. The van der Waals surface area contributed by atoms with E-state index in [0.29, 0.717) is 0 Å². The fourth-order valence-electron chi connectivity index (χ4n) is 1.42. The van der Waals surface area contributed by atoms with Gasteiger partial charge in [0, 0.05) is 4.88 Å². The molecule has 3 nitrogen and oxygen atoms in total. The molecule has 0 aliphatic rings. The van der Waals surface area contributed by atoms with Crippen molar-refractivity contribution < 1.29 is 15.0 Å². The molecule has 0 saturated carbocycles. The van der Waals surface area contributed by atoms with Gasteiger partial charge in [0.2, 0.25) is 0 Å². The number of aliphatic carboxylic acids is 1. The van der Waals surface area contributed by atoms with E-state index in [-0.39, 0.29) is 12.2 Å². The van der Waals surface area contributed by atoms with Crippen LogP contribution < -0.4 is 0 Å². The molecule has 1 aromatic carbocycles. The van der Waals surface area contributed by atoms with Crippen molar-refractivity contribution in [3.63, 3.8) is 0 Å². The zero-order valence-electron chi connectivity index (χ0n) is 8.38. The zero-order chi connectivity index (χ0) is 11.5. The van der Waals surface area contributed by atoms with Gasteiger partial charge in [-0.2, -0.15) is 0 Å². The van der Waals surface area contributed by atoms with Crippen LogP contribution in [0.2, 0.25) is 0 Å². The second-order valence-corrected chi connectivity index (χ2v) is 4.35. The van der Waals surface area contributed by atoms with Crippen molar-refractivity contribution in [2.75, 3.05) is 0 Å². The molecule has 0 aliphatic heterocycles. The molecule has 0 saturated heterocycles. The van der Waals surface area contributed by atoms with E-state index in [2.05, 4.69) is 0 Å². The molecule has 0 aliphatic carbocycles. The van der Waals surface area contributed by atoms with Crippen molar-refractivity contribution in [3.8, 4) is 16.2 Å². The summed E-state index contributed by atoms with van der Waals surface area (Å²) in [5, 5.41) is 19.7. The number of thiophene rings is 1. The minimum Gasteiger partial charge on any atom is -0.508 e. The van der Waals surface area contributed by atoms with Gasteiger partial charge < -0.3 is 10.2 Å². The van der Waals surface area contributed by atoms with E-state index in [9.17, 15) is 4.79 Å². The molecule has 1 heterocycles. The Hall–Kier alpha value is -1.81. The summed E-state index contributed by atoms with van der Waals surface area (Å²) in [4.78, 5) is 11.5. The van der Waals surface area contributed by atoms with Crippen molar-refractivity contribution in [3.05, 3.63) is 41.3 Å². The SMILES string of the molecule is O=C(O)Cc1csc(-c2ccc(O)cc2)c1. The molecule has 82 valence electrons. The maximum absolute atomic E-state index is 10.5. The first-order chi connectivity index (χ1) is 7.65. The highest BCUT2D eigenvalue weighted by Crippen LogP contribution is 2.28. The fourth-order valence-corrected chi connectivity index (χ4v) is 2.34. The first kappa shape index (κ1) is 10.7. The smallest absolute Gasteiger partial charge is 0.307 e. The molecular weight excluding hydrogens is 224 g/mol. The molecule has 16 heavy (non-hydrogen) atoms. The average molecular weight is 234 g/mol. The summed E-state index contributed by atoms with van der Waals surface area (Å²) in [5.41, 5.74) is 1.79. The monoisotopic (exact) mass is 234 g/mol. The molecule has 0 bridgehead atoms. The van der Waals surface area contributed by atoms with E-state index in [1.807, 2.05) is 23.6 Å². The molecule has 2 rings (SSSR count). The summed E-state index contributed by atoms with van der Waals surface area (Å²) in [6.07, 6.45) is 0.0502. The Morgan fingerprint density at radius 2 is 1.94 bits per heavy atom. The van der Waals surface area contributed by atoms with Crippen LogP contribution in [0.3, 0.4) is 0 Å². The van der Waals surface area contributed by atoms with E-state index in [4.69, 9.17) is 10.2 Å². The summed E-state index contributed by atoms with van der Waals surface area (Å²) < 4.78 is 0. The Kier molecular flexibility index (Phi) is 2.92. The molecule has 4 heteroatoms. The minimum absolute atomic E-state index is 0.0502. The molecule has 2 aromatic rings. The van der Waals surface area contributed by atoms with Gasteiger partial charge in [-0.25, -0.2) is 0 Å². The third kappa shape index (κ3) is 2.41. The molecule has 0 spiro atoms. The van der Waals surface area contributed by atoms with Crippen LogP contribution in [0.1, 0.15) is 5.56 Å². The largest absolute Gasteiger partial charge is 0.508 e. The minimum atomic E-state index is -0.824. The van der Waals surface area contributed by atoms with Gasteiger partial charge in [-0.3, -0.25) is 4.79 Å². The Morgan fingerprint density at radius 1 is 1.25 bits per heavy atom. The lowest BCUT2D eigenvalue weighted by atomic mass is 10.1. The van der Waals surface area contributed by atoms with Crippen LogP contribution in [0.4, 0.5) is 0 Å². The molecule has 2 N–H and O–H groups in total. The van der Waals surface area contributed by atoms with Gasteiger partial charge in [0.25, 0.3) is 0 Å². The van der Waals surface area contributed by atoms with Gasteiger partial charge in [0.05, 0.1) is 6.42 Å². The number of phenols is 1. The average Bonchev–Trinajstić information content (AvgIpc) is 2.66.